The van der Waals surface area contributed by atoms with Gasteiger partial charge in [-0.25, -0.2) is 0 Å². The van der Waals surface area contributed by atoms with Gasteiger partial charge in [0.25, 0.3) is 0 Å². The van der Waals surface area contributed by atoms with E-state index in [-0.39, 0.29) is 17.5 Å². The van der Waals surface area contributed by atoms with E-state index in [1.165, 1.54) is 170 Å². The maximum Gasteiger partial charge on any atom is 0.249 e. The average Bonchev–Trinajstić information content (AvgIpc) is 0.826. The molecule has 15 aromatic rings. The largest absolute Gasteiger partial charge is 0.310 e. The first-order chi connectivity index (χ1) is 43.9. The number of nitrogens with zero attached hydrogens (tertiary/aromatic N) is 2. The van der Waals surface area contributed by atoms with Crippen molar-refractivity contribution >= 4 is 106 Å². The second kappa shape index (κ2) is 20.7. The summed E-state index contributed by atoms with van der Waals surface area (Å²) in [4.78, 5) is 5.31. The fourth-order valence-electron chi connectivity index (χ4n) is 15.0. The van der Waals surface area contributed by atoms with Gasteiger partial charge in [-0.05, 0) is 164 Å². The van der Waals surface area contributed by atoms with Gasteiger partial charge in [0, 0.05) is 48.8 Å². The number of fused-ring (bicyclic) bond motifs is 10. The number of anilines is 3. The third-order valence-corrected chi connectivity index (χ3v) is 20.5. The average molecular weight is 1170 g/mol. The highest BCUT2D eigenvalue weighted by molar-refractivity contribution is 8.00. The van der Waals surface area contributed by atoms with Crippen LogP contribution < -0.4 is 21.3 Å². The molecule has 0 fully saturated rings. The first-order valence-electron chi connectivity index (χ1n) is 31.7. The van der Waals surface area contributed by atoms with Crippen LogP contribution in [0.15, 0.2) is 295 Å². The molecule has 4 heteroatoms. The summed E-state index contributed by atoms with van der Waals surface area (Å²) in [6, 6.07) is 108. The minimum absolute atomic E-state index is 0.0648. The van der Waals surface area contributed by atoms with Gasteiger partial charge in [-0.15, -0.1) is 0 Å². The molecule has 0 radical (unpaired) electrons. The summed E-state index contributed by atoms with van der Waals surface area (Å²) in [5.41, 5.74) is 25.6. The second-order valence-corrected chi connectivity index (χ2v) is 27.8. The summed E-state index contributed by atoms with van der Waals surface area (Å²) in [5.74, 6) is 0. The van der Waals surface area contributed by atoms with Crippen LogP contribution in [0, 0.1) is 0 Å². The van der Waals surface area contributed by atoms with Gasteiger partial charge in [-0.1, -0.05) is 289 Å². The summed E-state index contributed by atoms with van der Waals surface area (Å²) >= 11 is 1.94. The molecule has 0 amide bonds. The van der Waals surface area contributed by atoms with Crippen molar-refractivity contribution in [2.75, 3.05) is 4.90 Å². The Labute approximate surface area is 531 Å². The highest BCUT2D eigenvalue weighted by Gasteiger charge is 2.44. The third kappa shape index (κ3) is 8.56. The summed E-state index contributed by atoms with van der Waals surface area (Å²) in [6.45, 7) is 14.1. The number of benzene rings is 14. The van der Waals surface area contributed by atoms with Crippen LogP contribution in [0.2, 0.25) is 0 Å². The molecule has 14 aromatic carbocycles. The van der Waals surface area contributed by atoms with Gasteiger partial charge in [-0.2, -0.15) is 0 Å². The predicted octanol–water partition coefficient (Wildman–Crippen LogP) is 21.9. The molecule has 428 valence electrons. The quantitative estimate of drug-likeness (QED) is 0.116. The molecule has 0 saturated heterocycles. The number of rotatable bonds is 7. The maximum atomic E-state index is 2.72. The van der Waals surface area contributed by atoms with Gasteiger partial charge >= 0.3 is 0 Å². The second-order valence-electron chi connectivity index (χ2n) is 26.7. The van der Waals surface area contributed by atoms with Gasteiger partial charge in [0.2, 0.25) is 6.71 Å². The Balaban J connectivity index is 0.970. The van der Waals surface area contributed by atoms with Crippen molar-refractivity contribution in [1.29, 1.82) is 0 Å². The van der Waals surface area contributed by atoms with Crippen molar-refractivity contribution in [1.82, 2.24) is 4.57 Å². The first kappa shape index (κ1) is 54.1. The SMILES string of the molecule is CC(C)(C)c1cc(-c2ccccc2)c(N2c3cc(-c4c5ccccc5c(-c5ccc(-c6ccccc6)c6ccccc56)c5ccccc45)ccc3B3c4ccc(-n5c6ccccc6c6ccccc65)cc4Sc4cc(C(C)(C)C)cc2c43)c(-c2ccccc2)c1. The van der Waals surface area contributed by atoms with Crippen LogP contribution in [0.1, 0.15) is 52.7 Å². The molecule has 90 heavy (non-hydrogen) atoms. The van der Waals surface area contributed by atoms with E-state index in [9.17, 15) is 0 Å². The molecule has 2 nitrogen and oxygen atoms in total. The van der Waals surface area contributed by atoms with Crippen molar-refractivity contribution in [3.05, 3.63) is 296 Å². The zero-order valence-electron chi connectivity index (χ0n) is 51.5. The summed E-state index contributed by atoms with van der Waals surface area (Å²) in [7, 11) is 0. The first-order valence-corrected chi connectivity index (χ1v) is 32.5. The minimum atomic E-state index is -0.173. The van der Waals surface area contributed by atoms with Crippen LogP contribution >= 0.6 is 11.8 Å². The minimum Gasteiger partial charge on any atom is -0.310 e. The monoisotopic (exact) mass is 1170 g/mol. The van der Waals surface area contributed by atoms with Gasteiger partial charge in [0.1, 0.15) is 0 Å². The van der Waals surface area contributed by atoms with Crippen LogP contribution in [0.3, 0.4) is 0 Å². The van der Waals surface area contributed by atoms with Crippen LogP contribution in [-0.2, 0) is 10.8 Å². The Morgan fingerprint density at radius 3 is 1.30 bits per heavy atom. The van der Waals surface area contributed by atoms with Crippen molar-refractivity contribution in [3.8, 4) is 61.3 Å². The lowest BCUT2D eigenvalue weighted by Crippen LogP contribution is -2.60. The summed E-state index contributed by atoms with van der Waals surface area (Å²) < 4.78 is 2.47. The molecule has 0 aliphatic carbocycles. The van der Waals surface area contributed by atoms with Crippen molar-refractivity contribution in [2.24, 2.45) is 0 Å². The van der Waals surface area contributed by atoms with Crippen molar-refractivity contribution < 1.29 is 0 Å². The standard InChI is InChI=1S/C86H65BN2S/c1-85(2,3)58-49-71(55-28-12-8-13-29-55)84(72(50-58)56-30-14-9-15-31-56)89-77-48-57(81-66-36-18-20-38-68(66)82(69-39-21-19-37-67(69)81)70-45-44-61(54-26-10-7-11-27-54)62-32-16-17-33-63(62)70)42-46-73(77)87-74-47-43-60(88-75-40-24-22-34-64(75)65-35-23-25-41-76(65)88)53-79(74)90-80-52-59(86(4,5)6)51-78(89)83(80)87/h7-53H,1-6H3. The van der Waals surface area contributed by atoms with Gasteiger partial charge in [0.05, 0.1) is 16.7 Å². The number of para-hydroxylation sites is 2. The Morgan fingerprint density at radius 1 is 0.311 bits per heavy atom. The summed E-state index contributed by atoms with van der Waals surface area (Å²) in [5, 5.41) is 9.94. The van der Waals surface area contributed by atoms with E-state index < -0.39 is 0 Å². The predicted molar refractivity (Wildman–Crippen MR) is 388 cm³/mol. The lowest BCUT2D eigenvalue weighted by atomic mass is 9.34. The molecule has 0 unspecified atom stereocenters. The van der Waals surface area contributed by atoms with E-state index in [2.05, 4.69) is 336 Å². The highest BCUT2D eigenvalue weighted by Crippen LogP contribution is 2.54. The Bertz CT molecular complexity index is 5250. The molecule has 2 aliphatic rings. The zero-order chi connectivity index (χ0) is 60.6. The van der Waals surface area contributed by atoms with E-state index in [0.717, 1.165) is 0 Å². The van der Waals surface area contributed by atoms with E-state index in [1.807, 2.05) is 11.8 Å². The van der Waals surface area contributed by atoms with Gasteiger partial charge in [-0.3, -0.25) is 0 Å². The molecule has 17 rings (SSSR count). The van der Waals surface area contributed by atoms with Crippen LogP contribution in [0.25, 0.3) is 115 Å². The third-order valence-electron chi connectivity index (χ3n) is 19.3. The van der Waals surface area contributed by atoms with Crippen molar-refractivity contribution in [3.63, 3.8) is 0 Å². The maximum absolute atomic E-state index is 2.72. The van der Waals surface area contributed by atoms with E-state index >= 15 is 0 Å². The molecule has 3 heterocycles. The van der Waals surface area contributed by atoms with Gasteiger partial charge in [0.15, 0.2) is 0 Å². The highest BCUT2D eigenvalue weighted by atomic mass is 32.2. The molecule has 1 aromatic heterocycles. The Kier molecular flexibility index (Phi) is 12.5. The number of hydrogen-bond acceptors (Lipinski definition) is 2. The molecule has 2 aliphatic heterocycles. The Hall–Kier alpha value is -10.1. The fraction of sp³-hybridized carbons (Fsp3) is 0.0930. The van der Waals surface area contributed by atoms with Crippen molar-refractivity contribution in [2.45, 2.75) is 62.2 Å². The molecule has 0 atom stereocenters. The van der Waals surface area contributed by atoms with E-state index in [0.29, 0.717) is 0 Å². The summed E-state index contributed by atoms with van der Waals surface area (Å²) in [6.07, 6.45) is 0. The van der Waals surface area contributed by atoms with Crippen LogP contribution in [-0.4, -0.2) is 11.3 Å². The van der Waals surface area contributed by atoms with Crippen LogP contribution in [0.4, 0.5) is 17.1 Å². The molecule has 0 N–H and O–H groups in total. The zero-order valence-corrected chi connectivity index (χ0v) is 52.3. The number of hydrogen-bond donors (Lipinski definition) is 0. The lowest BCUT2D eigenvalue weighted by Gasteiger charge is -2.43. The molecule has 0 bridgehead atoms. The normalized spacial score (nSPS) is 12.9. The van der Waals surface area contributed by atoms with E-state index in [4.69, 9.17) is 0 Å². The number of aromatic nitrogens is 1. The lowest BCUT2D eigenvalue weighted by molar-refractivity contribution is 0.589. The molecule has 0 saturated carbocycles. The molecular weight excluding hydrogens is 1100 g/mol. The Morgan fingerprint density at radius 2 is 0.756 bits per heavy atom. The topological polar surface area (TPSA) is 8.17 Å². The van der Waals surface area contributed by atoms with Gasteiger partial charge < -0.3 is 9.47 Å². The molecule has 0 spiro atoms. The van der Waals surface area contributed by atoms with Crippen LogP contribution in [0.5, 0.6) is 0 Å². The van der Waals surface area contributed by atoms with E-state index in [1.54, 1.807) is 0 Å². The molecular formula is C86H65BN2S. The fourth-order valence-corrected chi connectivity index (χ4v) is 16.2. The smallest absolute Gasteiger partial charge is 0.249 e.